The molecule has 1 amide bonds. The van der Waals surface area contributed by atoms with Gasteiger partial charge in [-0.2, -0.15) is 0 Å². The van der Waals surface area contributed by atoms with Crippen molar-refractivity contribution in [2.24, 2.45) is 0 Å². The molecule has 3 N–H and O–H groups in total. The highest BCUT2D eigenvalue weighted by atomic mass is 16.4. The number of aryl methyl sites for hydroxylation is 2. The third-order valence-corrected chi connectivity index (χ3v) is 4.48. The van der Waals surface area contributed by atoms with Gasteiger partial charge in [-0.1, -0.05) is 0 Å². The van der Waals surface area contributed by atoms with Gasteiger partial charge >= 0.3 is 5.97 Å². The summed E-state index contributed by atoms with van der Waals surface area (Å²) in [6.07, 6.45) is 8.22. The molecule has 8 heteroatoms. The Morgan fingerprint density at radius 1 is 1.17 bits per heavy atom. The minimum Gasteiger partial charge on any atom is -0.480 e. The van der Waals surface area contributed by atoms with Gasteiger partial charge in [0.25, 0.3) is 0 Å². The third kappa shape index (κ3) is 5.97. The number of amides is 1. The van der Waals surface area contributed by atoms with Gasteiger partial charge in [0.15, 0.2) is 0 Å². The van der Waals surface area contributed by atoms with Crippen LogP contribution in [0.4, 0.5) is 0 Å². The van der Waals surface area contributed by atoms with Crippen LogP contribution in [0.1, 0.15) is 29.7 Å². The second-order valence-electron chi connectivity index (χ2n) is 6.86. The lowest BCUT2D eigenvalue weighted by Gasteiger charge is -2.13. The Labute approximate surface area is 168 Å². The first-order valence-corrected chi connectivity index (χ1v) is 9.38. The predicted molar refractivity (Wildman–Crippen MR) is 107 cm³/mol. The van der Waals surface area contributed by atoms with Crippen molar-refractivity contribution in [2.45, 2.75) is 38.6 Å². The monoisotopic (exact) mass is 393 g/mol. The molecule has 3 aromatic heterocycles. The molecule has 0 aliphatic rings. The molecular formula is C21H23N5O3. The van der Waals surface area contributed by atoms with Crippen molar-refractivity contribution in [3.05, 3.63) is 66.0 Å². The molecule has 0 unspecified atom stereocenters. The average Bonchev–Trinajstić information content (AvgIpc) is 3.21. The van der Waals surface area contributed by atoms with Crippen LogP contribution in [0.25, 0.3) is 11.4 Å². The van der Waals surface area contributed by atoms with Gasteiger partial charge in [-0.15, -0.1) is 0 Å². The van der Waals surface area contributed by atoms with Crippen LogP contribution in [-0.4, -0.2) is 43.0 Å². The lowest BCUT2D eigenvalue weighted by atomic mass is 10.1. The summed E-state index contributed by atoms with van der Waals surface area (Å²) in [6, 6.07) is 6.81. The average molecular weight is 393 g/mol. The highest BCUT2D eigenvalue weighted by molar-refractivity contribution is 5.83. The fourth-order valence-corrected chi connectivity index (χ4v) is 2.98. The highest BCUT2D eigenvalue weighted by Crippen LogP contribution is 2.17. The van der Waals surface area contributed by atoms with E-state index in [4.69, 9.17) is 0 Å². The number of H-pyrrole nitrogens is 1. The topological polar surface area (TPSA) is 121 Å². The van der Waals surface area contributed by atoms with E-state index in [2.05, 4.69) is 25.3 Å². The van der Waals surface area contributed by atoms with E-state index in [-0.39, 0.29) is 18.7 Å². The van der Waals surface area contributed by atoms with Crippen LogP contribution in [-0.2, 0) is 22.4 Å². The first-order chi connectivity index (χ1) is 14.0. The molecule has 3 heterocycles. The van der Waals surface area contributed by atoms with Crippen LogP contribution in [0.3, 0.4) is 0 Å². The number of aromatic nitrogens is 4. The molecule has 3 rings (SSSR count). The van der Waals surface area contributed by atoms with Crippen molar-refractivity contribution < 1.29 is 14.7 Å². The van der Waals surface area contributed by atoms with Gasteiger partial charge in [-0.3, -0.25) is 14.8 Å². The largest absolute Gasteiger partial charge is 0.480 e. The maximum Gasteiger partial charge on any atom is 0.326 e. The van der Waals surface area contributed by atoms with Crippen molar-refractivity contribution >= 4 is 11.9 Å². The Morgan fingerprint density at radius 2 is 1.93 bits per heavy atom. The van der Waals surface area contributed by atoms with Gasteiger partial charge < -0.3 is 15.4 Å². The lowest BCUT2D eigenvalue weighted by Crippen LogP contribution is -2.42. The van der Waals surface area contributed by atoms with Crippen molar-refractivity contribution in [3.8, 4) is 11.4 Å². The molecule has 0 aliphatic carbocycles. The molecule has 1 atom stereocenters. The summed E-state index contributed by atoms with van der Waals surface area (Å²) in [5.41, 5.74) is 4.43. The second kappa shape index (κ2) is 9.59. The van der Waals surface area contributed by atoms with Crippen molar-refractivity contribution in [3.63, 3.8) is 0 Å². The van der Waals surface area contributed by atoms with Gasteiger partial charge in [0.1, 0.15) is 6.04 Å². The number of aliphatic carboxylic acids is 1. The van der Waals surface area contributed by atoms with E-state index >= 15 is 0 Å². The second-order valence-corrected chi connectivity index (χ2v) is 6.86. The minimum absolute atomic E-state index is 0.165. The molecule has 0 radical (unpaired) electrons. The Bertz CT molecular complexity index is 972. The molecule has 0 saturated carbocycles. The minimum atomic E-state index is -1.07. The molecule has 150 valence electrons. The van der Waals surface area contributed by atoms with Gasteiger partial charge in [-0.25, -0.2) is 9.78 Å². The third-order valence-electron chi connectivity index (χ3n) is 4.48. The molecule has 3 aromatic rings. The van der Waals surface area contributed by atoms with Crippen LogP contribution >= 0.6 is 0 Å². The fourth-order valence-electron chi connectivity index (χ4n) is 2.98. The number of aromatic amines is 1. The number of hydrogen-bond donors (Lipinski definition) is 3. The number of rotatable bonds is 9. The summed E-state index contributed by atoms with van der Waals surface area (Å²) >= 11 is 0. The van der Waals surface area contributed by atoms with E-state index in [1.54, 1.807) is 18.6 Å². The number of nitrogens with zero attached hydrogens (tertiary/aromatic N) is 3. The zero-order valence-corrected chi connectivity index (χ0v) is 16.1. The van der Waals surface area contributed by atoms with Gasteiger partial charge in [0.05, 0.1) is 17.7 Å². The smallest absolute Gasteiger partial charge is 0.326 e. The van der Waals surface area contributed by atoms with E-state index < -0.39 is 12.0 Å². The number of carbonyl (C=O) groups is 2. The summed E-state index contributed by atoms with van der Waals surface area (Å²) in [6.45, 7) is 2.00. The van der Waals surface area contributed by atoms with Crippen molar-refractivity contribution in [1.82, 2.24) is 25.3 Å². The zero-order valence-electron chi connectivity index (χ0n) is 16.1. The number of nitrogens with one attached hydrogen (secondary N) is 2. The van der Waals surface area contributed by atoms with E-state index in [1.807, 2.05) is 31.2 Å². The summed E-state index contributed by atoms with van der Waals surface area (Å²) in [5.74, 6) is -1.36. The van der Waals surface area contributed by atoms with E-state index in [0.29, 0.717) is 18.5 Å². The Hall–Kier alpha value is -3.55. The first-order valence-electron chi connectivity index (χ1n) is 9.38. The normalized spacial score (nSPS) is 11.8. The summed E-state index contributed by atoms with van der Waals surface area (Å²) in [4.78, 5) is 39.0. The van der Waals surface area contributed by atoms with Crippen molar-refractivity contribution in [2.75, 3.05) is 0 Å². The molecule has 0 aliphatic heterocycles. The van der Waals surface area contributed by atoms with Crippen LogP contribution in [0.5, 0.6) is 0 Å². The Balaban J connectivity index is 1.52. The SMILES string of the molecule is Cc1ccnc(-c2cc(CCCC(=O)N[C@@H](Cc3cnc[nH]3)C(=O)O)ccn2)c1. The van der Waals surface area contributed by atoms with Gasteiger partial charge in [-0.05, 0) is 55.2 Å². The maximum atomic E-state index is 12.2. The van der Waals surface area contributed by atoms with Crippen LogP contribution in [0.2, 0.25) is 0 Å². The molecule has 29 heavy (non-hydrogen) atoms. The first kappa shape index (κ1) is 20.2. The number of carboxylic acids is 1. The standard InChI is InChI=1S/C21H23N5O3/c1-14-5-7-23-17(9-14)18-10-15(6-8-24-18)3-2-4-20(27)26-19(21(28)29)11-16-12-22-13-25-16/h5-10,12-13,19H,2-4,11H2,1H3,(H,22,25)(H,26,27)(H,28,29)/t19-/m0/s1. The molecule has 0 spiro atoms. The number of hydrogen-bond acceptors (Lipinski definition) is 5. The summed E-state index contributed by atoms with van der Waals surface area (Å²) in [5, 5.41) is 11.9. The molecule has 8 nitrogen and oxygen atoms in total. The summed E-state index contributed by atoms with van der Waals surface area (Å²) in [7, 11) is 0. The Kier molecular flexibility index (Phi) is 6.67. The number of carbonyl (C=O) groups excluding carboxylic acids is 1. The highest BCUT2D eigenvalue weighted by Gasteiger charge is 2.20. The fraction of sp³-hybridized carbons (Fsp3) is 0.286. The van der Waals surface area contributed by atoms with Gasteiger partial charge in [0.2, 0.25) is 5.91 Å². The van der Waals surface area contributed by atoms with Crippen LogP contribution in [0, 0.1) is 6.92 Å². The molecule has 0 saturated heterocycles. The maximum absolute atomic E-state index is 12.2. The number of pyridine rings is 2. The quantitative estimate of drug-likeness (QED) is 0.513. The molecular weight excluding hydrogens is 370 g/mol. The number of imidazole rings is 1. The van der Waals surface area contributed by atoms with E-state index in [0.717, 1.165) is 22.5 Å². The summed E-state index contributed by atoms with van der Waals surface area (Å²) < 4.78 is 0. The lowest BCUT2D eigenvalue weighted by molar-refractivity contribution is -0.141. The molecule has 0 bridgehead atoms. The van der Waals surface area contributed by atoms with Gasteiger partial charge in [0, 0.05) is 37.1 Å². The Morgan fingerprint density at radius 3 is 2.62 bits per heavy atom. The van der Waals surface area contributed by atoms with E-state index in [1.165, 1.54) is 6.33 Å². The van der Waals surface area contributed by atoms with Crippen molar-refractivity contribution in [1.29, 1.82) is 0 Å². The number of carboxylic acid groups (broad SMARTS) is 1. The van der Waals surface area contributed by atoms with E-state index in [9.17, 15) is 14.7 Å². The molecule has 0 fully saturated rings. The van der Waals surface area contributed by atoms with Crippen LogP contribution < -0.4 is 5.32 Å². The molecule has 0 aromatic carbocycles. The van der Waals surface area contributed by atoms with Crippen LogP contribution in [0.15, 0.2) is 49.2 Å². The predicted octanol–water partition coefficient (Wildman–Crippen LogP) is 2.31. The zero-order chi connectivity index (χ0) is 20.6.